The van der Waals surface area contributed by atoms with Crippen LogP contribution in [0.4, 0.5) is 0 Å². The van der Waals surface area contributed by atoms with Crippen molar-refractivity contribution in [2.75, 3.05) is 6.26 Å². The second-order valence-corrected chi connectivity index (χ2v) is 8.41. The Morgan fingerprint density at radius 1 is 1.23 bits per heavy atom. The van der Waals surface area contributed by atoms with Crippen LogP contribution in [0.3, 0.4) is 0 Å². The highest BCUT2D eigenvalue weighted by atomic mass is 79.9. The summed E-state index contributed by atoms with van der Waals surface area (Å²) in [5.74, 6) is -0.549. The maximum Gasteiger partial charge on any atom is 0.306 e. The summed E-state index contributed by atoms with van der Waals surface area (Å²) in [7, 11) is -4.00. The Hall–Kier alpha value is -2.10. The van der Waals surface area contributed by atoms with Gasteiger partial charge in [0.2, 0.25) is 11.2 Å². The lowest BCUT2D eigenvalue weighted by atomic mass is 10.2. The Bertz CT molecular complexity index is 1230. The molecule has 0 saturated heterocycles. The third-order valence-electron chi connectivity index (χ3n) is 3.50. The number of hydrogen-bond donors (Lipinski definition) is 0. The number of aromatic nitrogens is 2. The fraction of sp³-hybridized carbons (Fsp3) is 0.125. The van der Waals surface area contributed by atoms with Gasteiger partial charge in [0.25, 0.3) is 5.56 Å². The number of benzene rings is 1. The zero-order valence-corrected chi connectivity index (χ0v) is 16.5. The van der Waals surface area contributed by atoms with Gasteiger partial charge in [-0.1, -0.05) is 23.7 Å². The number of rotatable bonds is 4. The van der Waals surface area contributed by atoms with Crippen molar-refractivity contribution in [2.24, 2.45) is 0 Å². The summed E-state index contributed by atoms with van der Waals surface area (Å²) in [4.78, 5) is 25.2. The Labute approximate surface area is 161 Å². The van der Waals surface area contributed by atoms with Crippen LogP contribution in [0.5, 0.6) is 5.75 Å². The van der Waals surface area contributed by atoms with Crippen molar-refractivity contribution in [2.45, 2.75) is 6.54 Å². The van der Waals surface area contributed by atoms with Crippen molar-refractivity contribution in [1.29, 1.82) is 0 Å². The molecule has 0 atom stereocenters. The Balaban J connectivity index is 2.25. The van der Waals surface area contributed by atoms with E-state index in [0.29, 0.717) is 5.02 Å². The minimum atomic E-state index is -4.00. The fourth-order valence-corrected chi connectivity index (χ4v) is 3.52. The van der Waals surface area contributed by atoms with E-state index in [4.69, 9.17) is 15.8 Å². The van der Waals surface area contributed by atoms with Gasteiger partial charge in [-0.3, -0.25) is 9.59 Å². The molecule has 0 radical (unpaired) electrons. The molecule has 2 aromatic heterocycles. The predicted octanol–water partition coefficient (Wildman–Crippen LogP) is 2.26. The van der Waals surface area contributed by atoms with Crippen LogP contribution in [-0.2, 0) is 16.7 Å². The molecule has 3 aromatic rings. The highest BCUT2D eigenvalue weighted by Crippen LogP contribution is 2.18. The van der Waals surface area contributed by atoms with Crippen LogP contribution in [0.1, 0.15) is 5.56 Å². The minimum Gasteiger partial charge on any atom is -0.376 e. The van der Waals surface area contributed by atoms with Gasteiger partial charge in [-0.15, -0.1) is 0 Å². The number of halogens is 2. The molecule has 0 unspecified atom stereocenters. The van der Waals surface area contributed by atoms with Crippen molar-refractivity contribution in [3.05, 3.63) is 78.5 Å². The quantitative estimate of drug-likeness (QED) is 0.559. The van der Waals surface area contributed by atoms with Crippen molar-refractivity contribution in [3.8, 4) is 5.75 Å². The van der Waals surface area contributed by atoms with E-state index in [1.807, 2.05) is 0 Å². The van der Waals surface area contributed by atoms with Crippen LogP contribution in [0.2, 0.25) is 5.02 Å². The zero-order valence-electron chi connectivity index (χ0n) is 13.3. The van der Waals surface area contributed by atoms with Crippen molar-refractivity contribution < 1.29 is 12.6 Å². The SMILES string of the molecule is CS(=O)(=O)Oc1c(=O)c(Br)cn2ccn(Cc3cccc(Cl)c3)c(=O)c12. The van der Waals surface area contributed by atoms with Gasteiger partial charge in [0, 0.05) is 23.6 Å². The normalized spacial score (nSPS) is 11.7. The van der Waals surface area contributed by atoms with E-state index in [9.17, 15) is 18.0 Å². The summed E-state index contributed by atoms with van der Waals surface area (Å²) in [5.41, 5.74) is -0.703. The molecular weight excluding hydrogens is 448 g/mol. The van der Waals surface area contributed by atoms with Gasteiger partial charge in [-0.2, -0.15) is 8.42 Å². The van der Waals surface area contributed by atoms with E-state index < -0.39 is 26.9 Å². The van der Waals surface area contributed by atoms with Gasteiger partial charge in [0.15, 0.2) is 5.52 Å². The van der Waals surface area contributed by atoms with Gasteiger partial charge in [0.1, 0.15) is 0 Å². The van der Waals surface area contributed by atoms with Crippen LogP contribution in [-0.4, -0.2) is 23.6 Å². The van der Waals surface area contributed by atoms with Gasteiger partial charge in [0.05, 0.1) is 17.3 Å². The number of hydrogen-bond acceptors (Lipinski definition) is 5. The predicted molar refractivity (Wildman–Crippen MR) is 102 cm³/mol. The molecule has 1 aromatic carbocycles. The number of nitrogens with zero attached hydrogens (tertiary/aromatic N) is 2. The van der Waals surface area contributed by atoms with Gasteiger partial charge >= 0.3 is 10.1 Å². The average molecular weight is 460 g/mol. The third-order valence-corrected chi connectivity index (χ3v) is 4.77. The van der Waals surface area contributed by atoms with E-state index in [1.165, 1.54) is 27.6 Å². The molecule has 10 heteroatoms. The van der Waals surface area contributed by atoms with Gasteiger partial charge < -0.3 is 13.2 Å². The smallest absolute Gasteiger partial charge is 0.306 e. The number of fused-ring (bicyclic) bond motifs is 1. The van der Waals surface area contributed by atoms with Crippen molar-refractivity contribution >= 4 is 43.2 Å². The van der Waals surface area contributed by atoms with Crippen LogP contribution < -0.4 is 15.2 Å². The van der Waals surface area contributed by atoms with Crippen LogP contribution in [0.15, 0.2) is 56.9 Å². The molecule has 0 aliphatic heterocycles. The van der Waals surface area contributed by atoms with E-state index in [1.54, 1.807) is 24.3 Å². The first kappa shape index (κ1) is 18.7. The van der Waals surface area contributed by atoms with Crippen LogP contribution >= 0.6 is 27.5 Å². The highest BCUT2D eigenvalue weighted by molar-refractivity contribution is 9.10. The topological polar surface area (TPSA) is 86.8 Å². The number of pyridine rings is 1. The van der Waals surface area contributed by atoms with Crippen molar-refractivity contribution in [3.63, 3.8) is 0 Å². The van der Waals surface area contributed by atoms with Crippen molar-refractivity contribution in [1.82, 2.24) is 8.97 Å². The summed E-state index contributed by atoms with van der Waals surface area (Å²) < 4.78 is 30.6. The monoisotopic (exact) mass is 458 g/mol. The molecule has 26 heavy (non-hydrogen) atoms. The molecule has 0 N–H and O–H groups in total. The second kappa shape index (κ2) is 6.90. The molecule has 0 amide bonds. The molecule has 0 fully saturated rings. The van der Waals surface area contributed by atoms with Crippen LogP contribution in [0.25, 0.3) is 5.52 Å². The van der Waals surface area contributed by atoms with E-state index in [-0.39, 0.29) is 16.5 Å². The summed E-state index contributed by atoms with van der Waals surface area (Å²) >= 11 is 9.01. The van der Waals surface area contributed by atoms with E-state index in [2.05, 4.69) is 15.9 Å². The zero-order chi connectivity index (χ0) is 19.1. The maximum absolute atomic E-state index is 12.9. The molecule has 0 bridgehead atoms. The first-order valence-corrected chi connectivity index (χ1v) is 10.2. The largest absolute Gasteiger partial charge is 0.376 e. The molecule has 7 nitrogen and oxygen atoms in total. The second-order valence-electron chi connectivity index (χ2n) is 5.54. The molecule has 0 saturated carbocycles. The van der Waals surface area contributed by atoms with E-state index in [0.717, 1.165) is 11.8 Å². The lowest BCUT2D eigenvalue weighted by Gasteiger charge is -2.12. The average Bonchev–Trinajstić information content (AvgIpc) is 2.53. The molecule has 136 valence electrons. The molecule has 2 heterocycles. The Morgan fingerprint density at radius 3 is 2.62 bits per heavy atom. The summed E-state index contributed by atoms with van der Waals surface area (Å²) in [6.45, 7) is 0.193. The molecule has 0 aliphatic carbocycles. The maximum atomic E-state index is 12.9. The minimum absolute atomic E-state index is 0.0700. The molecule has 0 aliphatic rings. The molecule has 0 spiro atoms. The first-order chi connectivity index (χ1) is 12.2. The lowest BCUT2D eigenvalue weighted by Crippen LogP contribution is -2.26. The molecular formula is C16H12BrClN2O5S. The Kier molecular flexibility index (Phi) is 4.96. The van der Waals surface area contributed by atoms with E-state index >= 15 is 0 Å². The highest BCUT2D eigenvalue weighted by Gasteiger charge is 2.19. The van der Waals surface area contributed by atoms with Crippen LogP contribution in [0, 0.1) is 0 Å². The summed E-state index contributed by atoms with van der Waals surface area (Å²) in [5, 5.41) is 0.526. The fourth-order valence-electron chi connectivity index (χ4n) is 2.44. The Morgan fingerprint density at radius 2 is 1.96 bits per heavy atom. The third kappa shape index (κ3) is 3.84. The summed E-state index contributed by atoms with van der Waals surface area (Å²) in [6.07, 6.45) is 5.23. The first-order valence-electron chi connectivity index (χ1n) is 7.23. The molecule has 3 rings (SSSR count). The summed E-state index contributed by atoms with van der Waals surface area (Å²) in [6, 6.07) is 6.97. The lowest BCUT2D eigenvalue weighted by molar-refractivity contribution is 0.491. The van der Waals surface area contributed by atoms with Gasteiger partial charge in [-0.05, 0) is 33.6 Å². The standard InChI is InChI=1S/C16H12BrClN2O5S/c1-26(23,24)25-15-13-16(22)20(8-10-3-2-4-11(18)7-10)6-5-19(13)9-12(17)14(15)21/h2-7,9H,8H2,1H3. The van der Waals surface area contributed by atoms with Gasteiger partial charge in [-0.25, -0.2) is 0 Å².